The van der Waals surface area contributed by atoms with E-state index in [1.807, 2.05) is 0 Å². The molecule has 0 nitrogen and oxygen atoms in total. The summed E-state index contributed by atoms with van der Waals surface area (Å²) in [4.78, 5) is 0. The molecule has 1 heteroatoms. The van der Waals surface area contributed by atoms with Crippen molar-refractivity contribution in [1.82, 2.24) is 0 Å². The fourth-order valence-electron chi connectivity index (χ4n) is 4.23. The van der Waals surface area contributed by atoms with E-state index in [1.165, 1.54) is 38.5 Å². The van der Waals surface area contributed by atoms with Crippen molar-refractivity contribution < 1.29 is 0 Å². The van der Waals surface area contributed by atoms with Crippen molar-refractivity contribution >= 4 is 6.71 Å². The SMILES string of the molecule is CB(C1CCCC1C)C1CCCC1C. The van der Waals surface area contributed by atoms with Crippen LogP contribution in [0.15, 0.2) is 0 Å². The average Bonchev–Trinajstić information content (AvgIpc) is 2.73. The quantitative estimate of drug-likeness (QED) is 0.565. The monoisotopic (exact) mass is 192 g/mol. The summed E-state index contributed by atoms with van der Waals surface area (Å²) in [5.41, 5.74) is 0. The highest BCUT2D eigenvalue weighted by atomic mass is 14.3. The Morgan fingerprint density at radius 1 is 0.786 bits per heavy atom. The van der Waals surface area contributed by atoms with E-state index in [1.54, 1.807) is 0 Å². The maximum absolute atomic E-state index is 2.54. The summed E-state index contributed by atoms with van der Waals surface area (Å²) in [5.74, 6) is 4.14. The topological polar surface area (TPSA) is 0 Å². The van der Waals surface area contributed by atoms with Gasteiger partial charge in [-0.05, 0) is 11.8 Å². The summed E-state index contributed by atoms with van der Waals surface area (Å²) in [5, 5.41) is 0. The molecule has 2 fully saturated rings. The molecular weight excluding hydrogens is 167 g/mol. The molecule has 14 heavy (non-hydrogen) atoms. The lowest BCUT2D eigenvalue weighted by Crippen LogP contribution is -2.26. The maximum Gasteiger partial charge on any atom is 0.143 e. The van der Waals surface area contributed by atoms with Gasteiger partial charge in [-0.1, -0.05) is 70.8 Å². The van der Waals surface area contributed by atoms with Crippen molar-refractivity contribution in [1.29, 1.82) is 0 Å². The Balaban J connectivity index is 1.96. The summed E-state index contributed by atoms with van der Waals surface area (Å²) in [6.45, 7) is 8.51. The number of hydrogen-bond acceptors (Lipinski definition) is 0. The molecule has 0 radical (unpaired) electrons. The molecule has 0 aliphatic heterocycles. The van der Waals surface area contributed by atoms with Gasteiger partial charge in [-0.25, -0.2) is 0 Å². The van der Waals surface area contributed by atoms with Gasteiger partial charge >= 0.3 is 0 Å². The van der Waals surface area contributed by atoms with Gasteiger partial charge in [0.1, 0.15) is 6.71 Å². The molecule has 0 spiro atoms. The van der Waals surface area contributed by atoms with E-state index < -0.39 is 0 Å². The molecule has 0 saturated heterocycles. The first kappa shape index (κ1) is 10.6. The van der Waals surface area contributed by atoms with Gasteiger partial charge in [0.2, 0.25) is 0 Å². The smallest absolute Gasteiger partial charge is 0.0856 e. The molecule has 0 N–H and O–H groups in total. The minimum absolute atomic E-state index is 1.00. The minimum Gasteiger partial charge on any atom is -0.0856 e. The molecule has 2 rings (SSSR count). The Bertz CT molecular complexity index is 170. The van der Waals surface area contributed by atoms with Gasteiger partial charge in [-0.15, -0.1) is 0 Å². The first-order chi connectivity index (χ1) is 6.70. The molecule has 80 valence electrons. The first-order valence-corrected chi connectivity index (χ1v) is 6.70. The van der Waals surface area contributed by atoms with Crippen LogP contribution in [0.5, 0.6) is 0 Å². The standard InChI is InChI=1S/C13H25B/c1-10-6-4-8-12(10)14(3)13-9-5-7-11(13)2/h10-13H,4-9H2,1-3H3. The number of hydrogen-bond donors (Lipinski definition) is 0. The molecular formula is C13H25B. The van der Waals surface area contributed by atoms with Crippen molar-refractivity contribution in [3.63, 3.8) is 0 Å². The van der Waals surface area contributed by atoms with Gasteiger partial charge in [0.25, 0.3) is 0 Å². The van der Waals surface area contributed by atoms with Crippen molar-refractivity contribution in [2.24, 2.45) is 11.8 Å². The Labute approximate surface area is 89.9 Å². The summed E-state index contributed by atoms with van der Waals surface area (Å²) < 4.78 is 0. The maximum atomic E-state index is 2.54. The highest BCUT2D eigenvalue weighted by molar-refractivity contribution is 6.61. The van der Waals surface area contributed by atoms with Gasteiger partial charge < -0.3 is 0 Å². The molecule has 2 aliphatic rings. The molecule has 0 aromatic heterocycles. The Kier molecular flexibility index (Phi) is 3.24. The van der Waals surface area contributed by atoms with Gasteiger partial charge in [-0.2, -0.15) is 0 Å². The predicted octanol–water partition coefficient (Wildman–Crippen LogP) is 4.49. The molecule has 4 unspecified atom stereocenters. The molecule has 2 saturated carbocycles. The van der Waals surface area contributed by atoms with Crippen LogP contribution in [0.3, 0.4) is 0 Å². The van der Waals surface area contributed by atoms with Crippen molar-refractivity contribution in [3.8, 4) is 0 Å². The Morgan fingerprint density at radius 3 is 1.50 bits per heavy atom. The van der Waals surface area contributed by atoms with Crippen molar-refractivity contribution in [2.75, 3.05) is 0 Å². The van der Waals surface area contributed by atoms with Crippen molar-refractivity contribution in [3.05, 3.63) is 0 Å². The van der Waals surface area contributed by atoms with Gasteiger partial charge in [0.05, 0.1) is 0 Å². The lowest BCUT2D eigenvalue weighted by Gasteiger charge is -2.28. The van der Waals surface area contributed by atoms with Gasteiger partial charge in [0.15, 0.2) is 0 Å². The molecule has 2 aliphatic carbocycles. The van der Waals surface area contributed by atoms with Crippen LogP contribution in [-0.4, -0.2) is 6.71 Å². The van der Waals surface area contributed by atoms with Gasteiger partial charge in [-0.3, -0.25) is 0 Å². The molecule has 0 heterocycles. The van der Waals surface area contributed by atoms with Crippen LogP contribution < -0.4 is 0 Å². The first-order valence-electron chi connectivity index (χ1n) is 6.70. The zero-order valence-electron chi connectivity index (χ0n) is 10.1. The van der Waals surface area contributed by atoms with E-state index in [-0.39, 0.29) is 0 Å². The van der Waals surface area contributed by atoms with Gasteiger partial charge in [0, 0.05) is 0 Å². The minimum atomic E-state index is 1.00. The molecule has 0 aromatic carbocycles. The predicted molar refractivity (Wildman–Crippen MR) is 65.1 cm³/mol. The second kappa shape index (κ2) is 4.29. The van der Waals surface area contributed by atoms with Crippen LogP contribution in [0.2, 0.25) is 18.5 Å². The molecule has 4 atom stereocenters. The largest absolute Gasteiger partial charge is 0.143 e. The summed E-state index contributed by atoms with van der Waals surface area (Å²) >= 11 is 0. The van der Waals surface area contributed by atoms with Crippen LogP contribution in [-0.2, 0) is 0 Å². The third-order valence-electron chi connectivity index (χ3n) is 5.21. The third-order valence-corrected chi connectivity index (χ3v) is 5.21. The summed E-state index contributed by atoms with van der Waals surface area (Å²) in [6, 6.07) is 0. The van der Waals surface area contributed by atoms with E-state index >= 15 is 0 Å². The fraction of sp³-hybridized carbons (Fsp3) is 1.00. The molecule has 0 bridgehead atoms. The Hall–Kier alpha value is 0.0649. The van der Waals surface area contributed by atoms with E-state index in [2.05, 4.69) is 20.7 Å². The Morgan fingerprint density at radius 2 is 1.21 bits per heavy atom. The summed E-state index contributed by atoms with van der Waals surface area (Å²) in [6.07, 6.45) is 9.03. The van der Waals surface area contributed by atoms with E-state index in [4.69, 9.17) is 0 Å². The van der Waals surface area contributed by atoms with Crippen molar-refractivity contribution in [2.45, 2.75) is 70.8 Å². The third kappa shape index (κ3) is 1.88. The van der Waals surface area contributed by atoms with E-state index in [0.29, 0.717) is 0 Å². The normalized spacial score (nSPS) is 43.1. The zero-order valence-corrected chi connectivity index (χ0v) is 10.1. The lowest BCUT2D eigenvalue weighted by atomic mass is 9.32. The second-order valence-electron chi connectivity index (χ2n) is 6.00. The number of rotatable bonds is 2. The van der Waals surface area contributed by atoms with Crippen LogP contribution in [0.4, 0.5) is 0 Å². The highest BCUT2D eigenvalue weighted by Gasteiger charge is 2.38. The van der Waals surface area contributed by atoms with Crippen LogP contribution >= 0.6 is 0 Å². The lowest BCUT2D eigenvalue weighted by molar-refractivity contribution is 0.560. The second-order valence-corrected chi connectivity index (χ2v) is 6.00. The average molecular weight is 192 g/mol. The fourth-order valence-corrected chi connectivity index (χ4v) is 4.23. The summed E-state index contributed by atoms with van der Waals surface area (Å²) in [7, 11) is 0. The van der Waals surface area contributed by atoms with E-state index in [9.17, 15) is 0 Å². The van der Waals surface area contributed by atoms with Crippen LogP contribution in [0.1, 0.15) is 52.4 Å². The highest BCUT2D eigenvalue weighted by Crippen LogP contribution is 2.47. The zero-order chi connectivity index (χ0) is 10.1. The van der Waals surface area contributed by atoms with Crippen LogP contribution in [0, 0.1) is 11.8 Å². The molecule has 0 amide bonds. The van der Waals surface area contributed by atoms with Crippen LogP contribution in [0.25, 0.3) is 0 Å². The van der Waals surface area contributed by atoms with E-state index in [0.717, 1.165) is 30.2 Å². The molecule has 0 aromatic rings.